The first-order valence-electron chi connectivity index (χ1n) is 6.39. The van der Waals surface area contributed by atoms with Crippen LogP contribution in [0.15, 0.2) is 6.07 Å². The van der Waals surface area contributed by atoms with E-state index in [2.05, 4.69) is 34.4 Å². The highest BCUT2D eigenvalue weighted by Gasteiger charge is 2.00. The topological polar surface area (TPSA) is 49.8 Å². The Kier molecular flexibility index (Phi) is 5.73. The lowest BCUT2D eigenvalue weighted by Crippen LogP contribution is -2.07. The minimum atomic E-state index is 0.676. The van der Waals surface area contributed by atoms with Crippen LogP contribution in [0.4, 0.5) is 11.8 Å². The van der Waals surface area contributed by atoms with E-state index in [9.17, 15) is 0 Å². The van der Waals surface area contributed by atoms with Crippen LogP contribution in [0.2, 0.25) is 0 Å². The van der Waals surface area contributed by atoms with Crippen molar-refractivity contribution in [3.8, 4) is 0 Å². The van der Waals surface area contributed by atoms with Crippen molar-refractivity contribution in [3.63, 3.8) is 0 Å². The van der Waals surface area contributed by atoms with E-state index < -0.39 is 0 Å². The van der Waals surface area contributed by atoms with Crippen molar-refractivity contribution in [2.75, 3.05) is 24.2 Å². The zero-order valence-electron chi connectivity index (χ0n) is 11.4. The number of anilines is 2. The smallest absolute Gasteiger partial charge is 0.224 e. The van der Waals surface area contributed by atoms with Gasteiger partial charge in [-0.15, -0.1) is 0 Å². The molecule has 1 rings (SSSR count). The fourth-order valence-corrected chi connectivity index (χ4v) is 1.66. The predicted molar refractivity (Wildman–Crippen MR) is 73.5 cm³/mol. The van der Waals surface area contributed by atoms with Gasteiger partial charge in [0, 0.05) is 25.4 Å². The van der Waals surface area contributed by atoms with E-state index in [1.165, 1.54) is 19.3 Å². The van der Waals surface area contributed by atoms with E-state index in [1.807, 2.05) is 20.0 Å². The molecular formula is C13H24N4. The second-order valence-electron chi connectivity index (χ2n) is 4.78. The molecule has 0 saturated heterocycles. The van der Waals surface area contributed by atoms with Gasteiger partial charge in [0.05, 0.1) is 0 Å². The van der Waals surface area contributed by atoms with Crippen molar-refractivity contribution in [1.29, 1.82) is 0 Å². The number of aryl methyl sites for hydroxylation is 1. The summed E-state index contributed by atoms with van der Waals surface area (Å²) < 4.78 is 0. The quantitative estimate of drug-likeness (QED) is 0.714. The second kappa shape index (κ2) is 7.09. The maximum absolute atomic E-state index is 4.35. The van der Waals surface area contributed by atoms with Gasteiger partial charge >= 0.3 is 0 Å². The Bertz CT molecular complexity index is 336. The average molecular weight is 236 g/mol. The fraction of sp³-hybridized carbons (Fsp3) is 0.692. The molecule has 0 radical (unpaired) electrons. The number of hydrogen-bond donors (Lipinski definition) is 2. The third-order valence-electron chi connectivity index (χ3n) is 2.59. The SMILES string of the molecule is CNc1nc(C)cc(NCCCCC(C)C)n1. The summed E-state index contributed by atoms with van der Waals surface area (Å²) in [5.41, 5.74) is 0.981. The lowest BCUT2D eigenvalue weighted by atomic mass is 10.1. The summed E-state index contributed by atoms with van der Waals surface area (Å²) in [6.07, 6.45) is 3.76. The van der Waals surface area contributed by atoms with Crippen molar-refractivity contribution < 1.29 is 0 Å². The Hall–Kier alpha value is -1.32. The van der Waals surface area contributed by atoms with E-state index in [0.717, 1.165) is 24.0 Å². The first kappa shape index (κ1) is 13.7. The summed E-state index contributed by atoms with van der Waals surface area (Å²) in [6, 6.07) is 1.98. The number of nitrogens with zero attached hydrogens (tertiary/aromatic N) is 2. The van der Waals surface area contributed by atoms with Gasteiger partial charge in [0.1, 0.15) is 5.82 Å². The van der Waals surface area contributed by atoms with Crippen molar-refractivity contribution >= 4 is 11.8 Å². The van der Waals surface area contributed by atoms with Crippen molar-refractivity contribution in [2.24, 2.45) is 5.92 Å². The van der Waals surface area contributed by atoms with Gasteiger partial charge in [-0.2, -0.15) is 4.98 Å². The lowest BCUT2D eigenvalue weighted by Gasteiger charge is -2.08. The third-order valence-corrected chi connectivity index (χ3v) is 2.59. The van der Waals surface area contributed by atoms with Crippen molar-refractivity contribution in [1.82, 2.24) is 9.97 Å². The van der Waals surface area contributed by atoms with E-state index >= 15 is 0 Å². The molecule has 17 heavy (non-hydrogen) atoms. The van der Waals surface area contributed by atoms with Crippen LogP contribution >= 0.6 is 0 Å². The molecule has 1 aromatic heterocycles. The maximum atomic E-state index is 4.35. The van der Waals surface area contributed by atoms with E-state index in [4.69, 9.17) is 0 Å². The fourth-order valence-electron chi connectivity index (χ4n) is 1.66. The van der Waals surface area contributed by atoms with E-state index in [-0.39, 0.29) is 0 Å². The third kappa shape index (κ3) is 5.52. The highest BCUT2D eigenvalue weighted by atomic mass is 15.1. The largest absolute Gasteiger partial charge is 0.370 e. The van der Waals surface area contributed by atoms with Gasteiger partial charge in [0.2, 0.25) is 5.95 Å². The number of rotatable bonds is 7. The molecular weight excluding hydrogens is 212 g/mol. The minimum absolute atomic E-state index is 0.676. The molecule has 4 nitrogen and oxygen atoms in total. The Labute approximate surface area is 104 Å². The molecule has 0 saturated carbocycles. The molecule has 0 spiro atoms. The van der Waals surface area contributed by atoms with E-state index in [1.54, 1.807) is 0 Å². The van der Waals surface area contributed by atoms with Gasteiger partial charge in [0.15, 0.2) is 0 Å². The van der Waals surface area contributed by atoms with Gasteiger partial charge in [0.25, 0.3) is 0 Å². The molecule has 0 aliphatic carbocycles. The molecule has 1 heterocycles. The van der Waals surface area contributed by atoms with Crippen LogP contribution in [-0.2, 0) is 0 Å². The van der Waals surface area contributed by atoms with Gasteiger partial charge in [-0.05, 0) is 19.3 Å². The minimum Gasteiger partial charge on any atom is -0.370 e. The van der Waals surface area contributed by atoms with Gasteiger partial charge in [-0.1, -0.05) is 26.7 Å². The summed E-state index contributed by atoms with van der Waals surface area (Å²) in [5.74, 6) is 2.38. The predicted octanol–water partition coefficient (Wildman–Crippen LogP) is 3.06. The maximum Gasteiger partial charge on any atom is 0.224 e. The standard InChI is InChI=1S/C13H24N4/c1-10(2)7-5-6-8-15-12-9-11(3)16-13(14-4)17-12/h9-10H,5-8H2,1-4H3,(H2,14,15,16,17). The molecule has 0 bridgehead atoms. The van der Waals surface area contributed by atoms with Crippen LogP contribution < -0.4 is 10.6 Å². The molecule has 0 aliphatic heterocycles. The molecule has 0 fully saturated rings. The molecule has 0 atom stereocenters. The van der Waals surface area contributed by atoms with Crippen molar-refractivity contribution in [2.45, 2.75) is 40.0 Å². The molecule has 2 N–H and O–H groups in total. The van der Waals surface area contributed by atoms with Gasteiger partial charge in [-0.25, -0.2) is 4.98 Å². The summed E-state index contributed by atoms with van der Waals surface area (Å²) in [7, 11) is 1.83. The molecule has 96 valence electrons. The van der Waals surface area contributed by atoms with Crippen LogP contribution in [0.1, 0.15) is 38.8 Å². The first-order chi connectivity index (χ1) is 8.11. The van der Waals surface area contributed by atoms with Crippen LogP contribution in [-0.4, -0.2) is 23.6 Å². The molecule has 0 aromatic carbocycles. The number of unbranched alkanes of at least 4 members (excludes halogenated alkanes) is 1. The van der Waals surface area contributed by atoms with Crippen LogP contribution in [0.5, 0.6) is 0 Å². The molecule has 4 heteroatoms. The number of hydrogen-bond acceptors (Lipinski definition) is 4. The van der Waals surface area contributed by atoms with Gasteiger partial charge in [-0.3, -0.25) is 0 Å². The second-order valence-corrected chi connectivity index (χ2v) is 4.78. The lowest BCUT2D eigenvalue weighted by molar-refractivity contribution is 0.544. The molecule has 0 unspecified atom stereocenters. The highest BCUT2D eigenvalue weighted by Crippen LogP contribution is 2.10. The summed E-state index contributed by atoms with van der Waals surface area (Å²) in [5, 5.41) is 6.31. The summed E-state index contributed by atoms with van der Waals surface area (Å²) >= 11 is 0. The number of nitrogens with one attached hydrogen (secondary N) is 2. The zero-order chi connectivity index (χ0) is 12.7. The zero-order valence-corrected chi connectivity index (χ0v) is 11.4. The molecule has 0 amide bonds. The highest BCUT2D eigenvalue weighted by molar-refractivity contribution is 5.41. The Balaban J connectivity index is 2.33. The Morgan fingerprint density at radius 3 is 2.65 bits per heavy atom. The number of aromatic nitrogens is 2. The monoisotopic (exact) mass is 236 g/mol. The van der Waals surface area contributed by atoms with E-state index in [0.29, 0.717) is 5.95 Å². The molecule has 1 aromatic rings. The van der Waals surface area contributed by atoms with Crippen LogP contribution in [0.3, 0.4) is 0 Å². The van der Waals surface area contributed by atoms with Crippen LogP contribution in [0, 0.1) is 12.8 Å². The first-order valence-corrected chi connectivity index (χ1v) is 6.39. The normalized spacial score (nSPS) is 10.6. The molecule has 0 aliphatic rings. The Morgan fingerprint density at radius 2 is 2.00 bits per heavy atom. The summed E-state index contributed by atoms with van der Waals surface area (Å²) in [4.78, 5) is 8.61. The van der Waals surface area contributed by atoms with Gasteiger partial charge < -0.3 is 10.6 Å². The van der Waals surface area contributed by atoms with Crippen molar-refractivity contribution in [3.05, 3.63) is 11.8 Å². The Morgan fingerprint density at radius 1 is 1.24 bits per heavy atom. The van der Waals surface area contributed by atoms with Crippen LogP contribution in [0.25, 0.3) is 0 Å². The summed E-state index contributed by atoms with van der Waals surface area (Å²) in [6.45, 7) is 7.49. The average Bonchev–Trinajstić information content (AvgIpc) is 2.27.